The Kier molecular flexibility index (Phi) is 5.49. The van der Waals surface area contributed by atoms with E-state index in [-0.39, 0.29) is 10.8 Å². The fraction of sp³-hybridized carbons (Fsp3) is 0.438. The number of nitriles is 1. The van der Waals surface area contributed by atoms with Gasteiger partial charge in [-0.25, -0.2) is 4.98 Å². The highest BCUT2D eigenvalue weighted by atomic mass is 35.5. The molecule has 0 aliphatic heterocycles. The van der Waals surface area contributed by atoms with Gasteiger partial charge in [-0.1, -0.05) is 37.2 Å². The van der Waals surface area contributed by atoms with E-state index in [9.17, 15) is 4.79 Å². The molecule has 0 unspecified atom stereocenters. The van der Waals surface area contributed by atoms with Crippen molar-refractivity contribution < 1.29 is 0 Å². The number of hydrogen-bond acceptors (Lipinski definition) is 4. The Balaban J connectivity index is 2.58. The molecule has 4 nitrogen and oxygen atoms in total. The van der Waals surface area contributed by atoms with Crippen molar-refractivity contribution in [2.75, 3.05) is 0 Å². The highest BCUT2D eigenvalue weighted by Crippen LogP contribution is 2.24. The second-order valence-corrected chi connectivity index (χ2v) is 7.33. The standard InChI is InChI=1S/C16H18ClN3OS/c1-10(2)6-7-20-15(21)13-5-4-12(17)8-14(13)19-16(20)22-11(3)9-18/h4-5,8,10-11H,6-7H2,1-3H3/t11-/m1/s1. The van der Waals surface area contributed by atoms with Crippen LogP contribution in [0.2, 0.25) is 5.02 Å². The van der Waals surface area contributed by atoms with Crippen LogP contribution < -0.4 is 5.56 Å². The van der Waals surface area contributed by atoms with Gasteiger partial charge >= 0.3 is 0 Å². The number of rotatable bonds is 5. The molecule has 1 aromatic heterocycles. The molecule has 1 heterocycles. The molecule has 1 aromatic carbocycles. The Morgan fingerprint density at radius 3 is 2.77 bits per heavy atom. The molecule has 0 aliphatic carbocycles. The van der Waals surface area contributed by atoms with Crippen molar-refractivity contribution in [1.82, 2.24) is 9.55 Å². The van der Waals surface area contributed by atoms with E-state index in [0.29, 0.717) is 33.5 Å². The van der Waals surface area contributed by atoms with Crippen LogP contribution in [0.3, 0.4) is 0 Å². The maximum atomic E-state index is 12.7. The summed E-state index contributed by atoms with van der Waals surface area (Å²) in [7, 11) is 0. The summed E-state index contributed by atoms with van der Waals surface area (Å²) in [6.07, 6.45) is 0.884. The molecule has 0 amide bonds. The van der Waals surface area contributed by atoms with Gasteiger partial charge in [0, 0.05) is 11.6 Å². The molecule has 0 aliphatic rings. The van der Waals surface area contributed by atoms with Gasteiger partial charge in [-0.2, -0.15) is 5.26 Å². The Morgan fingerprint density at radius 1 is 1.41 bits per heavy atom. The van der Waals surface area contributed by atoms with Crippen LogP contribution in [0.1, 0.15) is 27.2 Å². The van der Waals surface area contributed by atoms with E-state index in [1.54, 1.807) is 29.7 Å². The normalized spacial score (nSPS) is 12.5. The van der Waals surface area contributed by atoms with Crippen molar-refractivity contribution in [3.63, 3.8) is 0 Å². The molecule has 0 fully saturated rings. The summed E-state index contributed by atoms with van der Waals surface area (Å²) in [5, 5.41) is 10.4. The maximum Gasteiger partial charge on any atom is 0.262 e. The molecular formula is C16H18ClN3OS. The number of nitrogens with zero attached hydrogens (tertiary/aromatic N) is 3. The van der Waals surface area contributed by atoms with Crippen molar-refractivity contribution in [1.29, 1.82) is 5.26 Å². The van der Waals surface area contributed by atoms with Crippen LogP contribution >= 0.6 is 23.4 Å². The maximum absolute atomic E-state index is 12.7. The molecule has 0 saturated carbocycles. The molecule has 2 rings (SSSR count). The Bertz CT molecular complexity index is 779. The van der Waals surface area contributed by atoms with Gasteiger partial charge in [0.05, 0.1) is 22.2 Å². The van der Waals surface area contributed by atoms with Crippen molar-refractivity contribution in [3.05, 3.63) is 33.6 Å². The summed E-state index contributed by atoms with van der Waals surface area (Å²) >= 11 is 7.30. The van der Waals surface area contributed by atoms with Gasteiger partial charge in [-0.15, -0.1) is 0 Å². The van der Waals surface area contributed by atoms with Gasteiger partial charge in [-0.3, -0.25) is 9.36 Å². The van der Waals surface area contributed by atoms with Crippen LogP contribution in [0.4, 0.5) is 0 Å². The zero-order valence-corrected chi connectivity index (χ0v) is 14.4. The lowest BCUT2D eigenvalue weighted by atomic mass is 10.1. The van der Waals surface area contributed by atoms with Crippen LogP contribution in [-0.4, -0.2) is 14.8 Å². The monoisotopic (exact) mass is 335 g/mol. The molecule has 0 bridgehead atoms. The number of fused-ring (bicyclic) bond motifs is 1. The SMILES string of the molecule is CC(C)CCn1c(S[C@H](C)C#N)nc2cc(Cl)ccc2c1=O. The number of benzene rings is 1. The minimum atomic E-state index is -0.270. The predicted molar refractivity (Wildman–Crippen MR) is 91.4 cm³/mol. The van der Waals surface area contributed by atoms with Crippen LogP contribution in [-0.2, 0) is 6.54 Å². The minimum absolute atomic E-state index is 0.0741. The third-order valence-electron chi connectivity index (χ3n) is 3.28. The third-order valence-corrected chi connectivity index (χ3v) is 4.49. The first-order chi connectivity index (χ1) is 10.4. The summed E-state index contributed by atoms with van der Waals surface area (Å²) in [6, 6.07) is 7.26. The van der Waals surface area contributed by atoms with E-state index in [1.807, 2.05) is 0 Å². The smallest absolute Gasteiger partial charge is 0.262 e. The quantitative estimate of drug-likeness (QED) is 0.609. The third kappa shape index (κ3) is 3.82. The van der Waals surface area contributed by atoms with Gasteiger partial charge < -0.3 is 0 Å². The fourth-order valence-corrected chi connectivity index (χ4v) is 3.02. The van der Waals surface area contributed by atoms with Crippen molar-refractivity contribution >= 4 is 34.3 Å². The van der Waals surface area contributed by atoms with Gasteiger partial charge in [0.15, 0.2) is 5.16 Å². The molecule has 0 radical (unpaired) electrons. The summed E-state index contributed by atoms with van der Waals surface area (Å²) in [5.41, 5.74) is 0.501. The number of halogens is 1. The van der Waals surface area contributed by atoms with Crippen molar-refractivity contribution in [2.45, 2.75) is 44.1 Å². The molecule has 6 heteroatoms. The molecule has 1 atom stereocenters. The molecule has 0 saturated heterocycles. The van der Waals surface area contributed by atoms with E-state index in [4.69, 9.17) is 16.9 Å². The summed E-state index contributed by atoms with van der Waals surface area (Å²) in [6.45, 7) is 6.63. The minimum Gasteiger partial charge on any atom is -0.287 e. The summed E-state index contributed by atoms with van der Waals surface area (Å²) in [5.74, 6) is 0.485. The Morgan fingerprint density at radius 2 is 2.14 bits per heavy atom. The number of aromatic nitrogens is 2. The zero-order chi connectivity index (χ0) is 16.3. The largest absolute Gasteiger partial charge is 0.287 e. The van der Waals surface area contributed by atoms with E-state index in [1.165, 1.54) is 11.8 Å². The average Bonchev–Trinajstić information content (AvgIpc) is 2.46. The van der Waals surface area contributed by atoms with Crippen molar-refractivity contribution in [2.24, 2.45) is 5.92 Å². The predicted octanol–water partition coefficient (Wildman–Crippen LogP) is 4.10. The summed E-state index contributed by atoms with van der Waals surface area (Å²) in [4.78, 5) is 17.3. The number of thioether (sulfide) groups is 1. The van der Waals surface area contributed by atoms with E-state index < -0.39 is 0 Å². The molecule has 2 aromatic rings. The molecule has 116 valence electrons. The lowest BCUT2D eigenvalue weighted by Crippen LogP contribution is -2.24. The van der Waals surface area contributed by atoms with Gasteiger partial charge in [0.1, 0.15) is 0 Å². The highest BCUT2D eigenvalue weighted by Gasteiger charge is 2.15. The summed E-state index contributed by atoms with van der Waals surface area (Å²) < 4.78 is 1.68. The van der Waals surface area contributed by atoms with Crippen LogP contribution in [0.15, 0.2) is 28.2 Å². The van der Waals surface area contributed by atoms with Gasteiger partial charge in [0.25, 0.3) is 5.56 Å². The fourth-order valence-electron chi connectivity index (χ4n) is 2.03. The first-order valence-electron chi connectivity index (χ1n) is 7.18. The lowest BCUT2D eigenvalue weighted by molar-refractivity contribution is 0.481. The molecule has 0 N–H and O–H groups in total. The van der Waals surface area contributed by atoms with Gasteiger partial charge in [0.2, 0.25) is 0 Å². The zero-order valence-electron chi connectivity index (χ0n) is 12.8. The second kappa shape index (κ2) is 7.17. The van der Waals surface area contributed by atoms with E-state index in [0.717, 1.165) is 6.42 Å². The van der Waals surface area contributed by atoms with Gasteiger partial charge in [-0.05, 0) is 37.5 Å². The molecule has 0 spiro atoms. The molecular weight excluding hydrogens is 318 g/mol. The van der Waals surface area contributed by atoms with Crippen molar-refractivity contribution in [3.8, 4) is 6.07 Å². The first kappa shape index (κ1) is 16.9. The second-order valence-electron chi connectivity index (χ2n) is 5.58. The van der Waals surface area contributed by atoms with E-state index in [2.05, 4.69) is 24.9 Å². The van der Waals surface area contributed by atoms with Crippen LogP contribution in [0, 0.1) is 17.2 Å². The Hall–Kier alpha value is -1.51. The number of hydrogen-bond donors (Lipinski definition) is 0. The highest BCUT2D eigenvalue weighted by molar-refractivity contribution is 8.00. The van der Waals surface area contributed by atoms with Crippen LogP contribution in [0.5, 0.6) is 0 Å². The first-order valence-corrected chi connectivity index (χ1v) is 8.44. The average molecular weight is 336 g/mol. The van der Waals surface area contributed by atoms with E-state index >= 15 is 0 Å². The topological polar surface area (TPSA) is 58.7 Å². The molecule has 22 heavy (non-hydrogen) atoms. The Labute approximate surface area is 139 Å². The lowest BCUT2D eigenvalue weighted by Gasteiger charge is -2.14. The van der Waals surface area contributed by atoms with Crippen LogP contribution in [0.25, 0.3) is 10.9 Å².